The van der Waals surface area contributed by atoms with Crippen molar-refractivity contribution < 1.29 is 19.1 Å². The maximum Gasteiger partial charge on any atom is 0.351 e. The van der Waals surface area contributed by atoms with Crippen LogP contribution in [0.3, 0.4) is 0 Å². The molecule has 2 heterocycles. The second kappa shape index (κ2) is 7.17. The molecule has 152 valence electrons. The third kappa shape index (κ3) is 3.05. The highest BCUT2D eigenvalue weighted by atomic mass is 32.2. The molecule has 6 heteroatoms. The Morgan fingerprint density at radius 1 is 1.14 bits per heavy atom. The fraction of sp³-hybridized carbons (Fsp3) is 0.435. The highest BCUT2D eigenvalue weighted by Gasteiger charge is 2.76. The molecule has 0 amide bonds. The predicted molar refractivity (Wildman–Crippen MR) is 110 cm³/mol. The minimum Gasteiger partial charge on any atom is -0.452 e. The molecule has 1 aliphatic heterocycles. The standard InChI is InChI=1S/C23H25NO4S/c1-21(2)22(3)12-13-23(21,28-19(22)25)20(26)27-18(17-11-7-8-14-24-17)15-29-16-9-5-4-6-10-16/h4-11,14,18H,12-13,15H2,1-3H3/t18-,22+,23-/m1/s1. The van der Waals surface area contributed by atoms with Crippen molar-refractivity contribution in [3.63, 3.8) is 0 Å². The van der Waals surface area contributed by atoms with Crippen LogP contribution in [0, 0.1) is 10.8 Å². The summed E-state index contributed by atoms with van der Waals surface area (Å²) in [4.78, 5) is 31.4. The molecule has 1 saturated carbocycles. The van der Waals surface area contributed by atoms with Crippen molar-refractivity contribution in [2.24, 2.45) is 10.8 Å². The van der Waals surface area contributed by atoms with Crippen molar-refractivity contribution in [3.8, 4) is 0 Å². The summed E-state index contributed by atoms with van der Waals surface area (Å²) in [5.41, 5.74) is -1.84. The number of aromatic nitrogens is 1. The number of benzene rings is 1. The third-order valence-electron chi connectivity index (χ3n) is 6.82. The molecule has 3 atom stereocenters. The van der Waals surface area contributed by atoms with Gasteiger partial charge in [0.1, 0.15) is 0 Å². The van der Waals surface area contributed by atoms with E-state index in [1.165, 1.54) is 0 Å². The summed E-state index contributed by atoms with van der Waals surface area (Å²) in [5, 5.41) is 0. The molecule has 0 radical (unpaired) electrons. The lowest BCUT2D eigenvalue weighted by atomic mass is 9.66. The van der Waals surface area contributed by atoms with Gasteiger partial charge in [-0.2, -0.15) is 0 Å². The number of ether oxygens (including phenoxy) is 2. The minimum absolute atomic E-state index is 0.307. The van der Waals surface area contributed by atoms with Crippen LogP contribution in [0.25, 0.3) is 0 Å². The number of carbonyl (C=O) groups is 2. The van der Waals surface area contributed by atoms with E-state index in [2.05, 4.69) is 4.98 Å². The molecular formula is C23H25NO4S. The van der Waals surface area contributed by atoms with Crippen molar-refractivity contribution >= 4 is 23.7 Å². The number of esters is 2. The number of nitrogens with zero attached hydrogens (tertiary/aromatic N) is 1. The van der Waals surface area contributed by atoms with Gasteiger partial charge in [0.25, 0.3) is 0 Å². The van der Waals surface area contributed by atoms with E-state index in [9.17, 15) is 9.59 Å². The van der Waals surface area contributed by atoms with Gasteiger partial charge in [-0.25, -0.2) is 4.79 Å². The lowest BCUT2D eigenvalue weighted by Gasteiger charge is -2.35. The highest BCUT2D eigenvalue weighted by molar-refractivity contribution is 7.99. The Bertz CT molecular complexity index is 917. The maximum atomic E-state index is 13.4. The van der Waals surface area contributed by atoms with Gasteiger partial charge in [-0.05, 0) is 44.0 Å². The Kier molecular flexibility index (Phi) is 4.93. The van der Waals surface area contributed by atoms with Crippen LogP contribution >= 0.6 is 11.8 Å². The number of fused-ring (bicyclic) bond motifs is 2. The molecule has 1 aliphatic carbocycles. The second-order valence-electron chi connectivity index (χ2n) is 8.45. The van der Waals surface area contributed by atoms with Crippen LogP contribution in [0.2, 0.25) is 0 Å². The molecule has 2 bridgehead atoms. The van der Waals surface area contributed by atoms with Crippen molar-refractivity contribution in [1.29, 1.82) is 0 Å². The largest absolute Gasteiger partial charge is 0.452 e. The molecule has 0 spiro atoms. The first-order chi connectivity index (χ1) is 13.8. The molecule has 0 N–H and O–H groups in total. The fourth-order valence-electron chi connectivity index (χ4n) is 4.36. The second-order valence-corrected chi connectivity index (χ2v) is 9.54. The normalized spacial score (nSPS) is 28.0. The van der Waals surface area contributed by atoms with Crippen molar-refractivity contribution in [2.45, 2.75) is 50.2 Å². The minimum atomic E-state index is -1.23. The van der Waals surface area contributed by atoms with Gasteiger partial charge < -0.3 is 9.47 Å². The zero-order valence-corrected chi connectivity index (χ0v) is 17.7. The van der Waals surface area contributed by atoms with Crippen LogP contribution < -0.4 is 0 Å². The average Bonchev–Trinajstić information content (AvgIpc) is 3.03. The number of thioether (sulfide) groups is 1. The van der Waals surface area contributed by atoms with Gasteiger partial charge in [-0.1, -0.05) is 38.1 Å². The molecule has 1 saturated heterocycles. The Morgan fingerprint density at radius 3 is 2.45 bits per heavy atom. The molecule has 1 aromatic carbocycles. The van der Waals surface area contributed by atoms with Crippen LogP contribution in [-0.4, -0.2) is 28.3 Å². The van der Waals surface area contributed by atoms with Crippen molar-refractivity contribution in [3.05, 3.63) is 60.4 Å². The average molecular weight is 412 g/mol. The van der Waals surface area contributed by atoms with Crippen molar-refractivity contribution in [2.75, 3.05) is 5.75 Å². The summed E-state index contributed by atoms with van der Waals surface area (Å²) in [6.07, 6.45) is 2.27. The highest BCUT2D eigenvalue weighted by Crippen LogP contribution is 2.66. The van der Waals surface area contributed by atoms with Crippen LogP contribution in [0.1, 0.15) is 45.4 Å². The predicted octanol–water partition coefficient (Wildman–Crippen LogP) is 4.58. The number of rotatable bonds is 6. The van der Waals surface area contributed by atoms with E-state index in [-0.39, 0.29) is 5.97 Å². The molecule has 5 nitrogen and oxygen atoms in total. The summed E-state index contributed by atoms with van der Waals surface area (Å²) < 4.78 is 11.7. The third-order valence-corrected chi connectivity index (χ3v) is 7.90. The van der Waals surface area contributed by atoms with E-state index in [0.717, 1.165) is 4.90 Å². The fourth-order valence-corrected chi connectivity index (χ4v) is 5.29. The smallest absolute Gasteiger partial charge is 0.351 e. The summed E-state index contributed by atoms with van der Waals surface area (Å²) in [6.45, 7) is 5.75. The molecule has 1 aromatic heterocycles. The van der Waals surface area contributed by atoms with Gasteiger partial charge in [-0.3, -0.25) is 9.78 Å². The molecule has 4 rings (SSSR count). The number of hydrogen-bond donors (Lipinski definition) is 0. The molecule has 2 aromatic rings. The van der Waals surface area contributed by atoms with Crippen LogP contribution in [0.5, 0.6) is 0 Å². The van der Waals surface area contributed by atoms with E-state index in [4.69, 9.17) is 9.47 Å². The van der Waals surface area contributed by atoms with Gasteiger partial charge in [0.15, 0.2) is 6.10 Å². The topological polar surface area (TPSA) is 65.5 Å². The van der Waals surface area contributed by atoms with E-state index in [1.54, 1.807) is 18.0 Å². The lowest BCUT2D eigenvalue weighted by Crippen LogP contribution is -2.49. The maximum absolute atomic E-state index is 13.4. The molecule has 2 fully saturated rings. The van der Waals surface area contributed by atoms with Crippen LogP contribution in [-0.2, 0) is 19.1 Å². The van der Waals surface area contributed by atoms with Gasteiger partial charge in [0.05, 0.1) is 11.1 Å². The van der Waals surface area contributed by atoms with Gasteiger partial charge in [-0.15, -0.1) is 11.8 Å². The SMILES string of the molecule is CC1(C)[C@@]2(C)CC[C@]1(C(=O)O[C@H](CSc1ccccc1)c1ccccn1)OC2=O. The zero-order chi connectivity index (χ0) is 20.7. The Hall–Kier alpha value is -2.34. The van der Waals surface area contributed by atoms with E-state index in [0.29, 0.717) is 24.3 Å². The molecule has 2 aliphatic rings. The van der Waals surface area contributed by atoms with Crippen LogP contribution in [0.4, 0.5) is 0 Å². The quantitative estimate of drug-likeness (QED) is 0.512. The zero-order valence-electron chi connectivity index (χ0n) is 16.9. The Balaban J connectivity index is 1.58. The Morgan fingerprint density at radius 2 is 1.86 bits per heavy atom. The lowest BCUT2D eigenvalue weighted by molar-refractivity contribution is -0.186. The molecular weight excluding hydrogens is 386 g/mol. The summed E-state index contributed by atoms with van der Waals surface area (Å²) >= 11 is 1.60. The van der Waals surface area contributed by atoms with Gasteiger partial charge in [0.2, 0.25) is 5.60 Å². The van der Waals surface area contributed by atoms with Gasteiger partial charge in [0, 0.05) is 22.3 Å². The number of carbonyl (C=O) groups excluding carboxylic acids is 2. The van der Waals surface area contributed by atoms with Gasteiger partial charge >= 0.3 is 11.9 Å². The molecule has 29 heavy (non-hydrogen) atoms. The molecule has 0 unspecified atom stereocenters. The monoisotopic (exact) mass is 411 g/mol. The first-order valence-corrected chi connectivity index (χ1v) is 10.8. The van der Waals surface area contributed by atoms with E-state index in [1.807, 2.05) is 69.3 Å². The number of pyridine rings is 1. The van der Waals surface area contributed by atoms with E-state index < -0.39 is 28.5 Å². The summed E-state index contributed by atoms with van der Waals surface area (Å²) in [5.74, 6) is -0.255. The van der Waals surface area contributed by atoms with Crippen LogP contribution in [0.15, 0.2) is 59.6 Å². The number of hydrogen-bond acceptors (Lipinski definition) is 6. The summed E-state index contributed by atoms with van der Waals surface area (Å²) in [6, 6.07) is 15.5. The summed E-state index contributed by atoms with van der Waals surface area (Å²) in [7, 11) is 0. The Labute approximate surface area is 175 Å². The first-order valence-electron chi connectivity index (χ1n) is 9.83. The van der Waals surface area contributed by atoms with E-state index >= 15 is 0 Å². The first kappa shape index (κ1) is 20.0. The van der Waals surface area contributed by atoms with Crippen molar-refractivity contribution in [1.82, 2.24) is 4.98 Å².